The number of anilines is 1. The van der Waals surface area contributed by atoms with Crippen LogP contribution in [-0.4, -0.2) is 43.8 Å². The maximum atomic E-state index is 13.1. The molecule has 0 N–H and O–H groups in total. The highest BCUT2D eigenvalue weighted by molar-refractivity contribution is 6.02. The van der Waals surface area contributed by atoms with Crippen molar-refractivity contribution < 1.29 is 23.8 Å². The molecule has 1 spiro atoms. The van der Waals surface area contributed by atoms with Crippen LogP contribution < -0.4 is 9.64 Å². The minimum absolute atomic E-state index is 0.0838. The molecule has 26 heavy (non-hydrogen) atoms. The summed E-state index contributed by atoms with van der Waals surface area (Å²) >= 11 is 0. The van der Waals surface area contributed by atoms with E-state index in [1.165, 1.54) is 0 Å². The van der Waals surface area contributed by atoms with E-state index in [0.717, 1.165) is 24.3 Å². The van der Waals surface area contributed by atoms with Crippen LogP contribution in [0.3, 0.4) is 0 Å². The number of hydrogen-bond acceptors (Lipinski definition) is 5. The number of rotatable bonds is 6. The number of amides is 1. The van der Waals surface area contributed by atoms with Gasteiger partial charge >= 0.3 is 5.97 Å². The molecule has 3 heterocycles. The first-order valence-corrected chi connectivity index (χ1v) is 9.09. The molecule has 4 rings (SSSR count). The van der Waals surface area contributed by atoms with Crippen LogP contribution in [0, 0.1) is 11.8 Å². The molecule has 4 atom stereocenters. The zero-order valence-electron chi connectivity index (χ0n) is 15.0. The molecule has 1 amide bonds. The van der Waals surface area contributed by atoms with E-state index in [2.05, 4.69) is 0 Å². The highest BCUT2D eigenvalue weighted by Gasteiger charge is 2.67. The molecular weight excluding hydrogens is 334 g/mol. The third-order valence-electron chi connectivity index (χ3n) is 5.50. The molecule has 0 saturated carbocycles. The number of benzene rings is 1. The minimum atomic E-state index is -0.726. The summed E-state index contributed by atoms with van der Waals surface area (Å²) in [6, 6.07) is 7.33. The van der Waals surface area contributed by atoms with Gasteiger partial charge in [-0.1, -0.05) is 25.5 Å². The second kappa shape index (κ2) is 6.43. The van der Waals surface area contributed by atoms with Gasteiger partial charge in [0.25, 0.3) is 0 Å². The molecule has 2 fully saturated rings. The first-order chi connectivity index (χ1) is 12.6. The SMILES string of the molecule is CCCCOC(=O)[C@H]1[C@@H]2C=C[C@@]3(CN(c4ccc(OC)cc4)C(=O)[C@H]13)O2. The fourth-order valence-corrected chi connectivity index (χ4v) is 4.16. The van der Waals surface area contributed by atoms with Gasteiger partial charge in [0.2, 0.25) is 5.91 Å². The molecule has 2 bridgehead atoms. The minimum Gasteiger partial charge on any atom is -0.497 e. The van der Waals surface area contributed by atoms with Gasteiger partial charge in [-0.15, -0.1) is 0 Å². The standard InChI is InChI=1S/C20H23NO5/c1-3-4-11-25-19(23)16-15-9-10-20(26-15)12-21(18(22)17(16)20)13-5-7-14(24-2)8-6-13/h5-10,15-17H,3-4,11-12H2,1-2H3/t15-,16-,17-,20-/m0/s1. The Morgan fingerprint density at radius 3 is 2.81 bits per heavy atom. The van der Waals surface area contributed by atoms with Crippen molar-refractivity contribution >= 4 is 17.6 Å². The summed E-state index contributed by atoms with van der Waals surface area (Å²) in [7, 11) is 1.60. The Morgan fingerprint density at radius 2 is 2.12 bits per heavy atom. The van der Waals surface area contributed by atoms with Crippen LogP contribution in [0.5, 0.6) is 5.75 Å². The van der Waals surface area contributed by atoms with E-state index in [-0.39, 0.29) is 18.0 Å². The molecule has 1 aromatic rings. The quantitative estimate of drug-likeness (QED) is 0.444. The van der Waals surface area contributed by atoms with Crippen molar-refractivity contribution in [2.75, 3.05) is 25.2 Å². The Balaban J connectivity index is 1.57. The predicted octanol–water partition coefficient (Wildman–Crippen LogP) is 2.32. The third kappa shape index (κ3) is 2.51. The summed E-state index contributed by atoms with van der Waals surface area (Å²) in [6.45, 7) is 2.84. The van der Waals surface area contributed by atoms with Crippen LogP contribution in [0.25, 0.3) is 0 Å². The second-order valence-corrected chi connectivity index (χ2v) is 7.04. The number of carbonyl (C=O) groups excluding carboxylic acids is 2. The number of nitrogens with zero attached hydrogens (tertiary/aromatic N) is 1. The number of methoxy groups -OCH3 is 1. The molecule has 138 valence electrons. The number of esters is 1. The first-order valence-electron chi connectivity index (χ1n) is 9.09. The molecule has 3 aliphatic heterocycles. The van der Waals surface area contributed by atoms with E-state index >= 15 is 0 Å². The van der Waals surface area contributed by atoms with Gasteiger partial charge in [0.15, 0.2) is 0 Å². The molecule has 3 aliphatic rings. The zero-order chi connectivity index (χ0) is 18.3. The molecule has 0 aromatic heterocycles. The fourth-order valence-electron chi connectivity index (χ4n) is 4.16. The molecule has 1 aromatic carbocycles. The van der Waals surface area contributed by atoms with Crippen LogP contribution in [0.4, 0.5) is 5.69 Å². The average Bonchev–Trinajstić information content (AvgIpc) is 3.30. The van der Waals surface area contributed by atoms with Gasteiger partial charge in [-0.2, -0.15) is 0 Å². The van der Waals surface area contributed by atoms with Crippen molar-refractivity contribution in [3.8, 4) is 5.75 Å². The molecule has 2 saturated heterocycles. The van der Waals surface area contributed by atoms with Gasteiger partial charge < -0.3 is 19.1 Å². The number of fused-ring (bicyclic) bond motifs is 1. The smallest absolute Gasteiger partial charge is 0.312 e. The molecule has 6 nitrogen and oxygen atoms in total. The van der Waals surface area contributed by atoms with Crippen LogP contribution >= 0.6 is 0 Å². The second-order valence-electron chi connectivity index (χ2n) is 7.04. The lowest BCUT2D eigenvalue weighted by atomic mass is 9.77. The van der Waals surface area contributed by atoms with E-state index < -0.39 is 17.4 Å². The van der Waals surface area contributed by atoms with Crippen LogP contribution in [0.2, 0.25) is 0 Å². The Labute approximate surface area is 152 Å². The topological polar surface area (TPSA) is 65.1 Å². The summed E-state index contributed by atoms with van der Waals surface area (Å²) in [5.41, 5.74) is 0.0500. The lowest BCUT2D eigenvalue weighted by Gasteiger charge is -2.22. The number of ether oxygens (including phenoxy) is 3. The third-order valence-corrected chi connectivity index (χ3v) is 5.50. The van der Waals surface area contributed by atoms with Crippen molar-refractivity contribution in [1.82, 2.24) is 0 Å². The predicted molar refractivity (Wildman–Crippen MR) is 94.9 cm³/mol. The monoisotopic (exact) mass is 357 g/mol. The lowest BCUT2D eigenvalue weighted by molar-refractivity contribution is -0.152. The molecular formula is C20H23NO5. The van der Waals surface area contributed by atoms with E-state index in [9.17, 15) is 9.59 Å². The average molecular weight is 357 g/mol. The van der Waals surface area contributed by atoms with E-state index in [1.54, 1.807) is 12.0 Å². The van der Waals surface area contributed by atoms with Crippen LogP contribution in [0.15, 0.2) is 36.4 Å². The summed E-state index contributed by atoms with van der Waals surface area (Å²) in [5, 5.41) is 0. The normalized spacial score (nSPS) is 31.4. The number of hydrogen-bond donors (Lipinski definition) is 0. The van der Waals surface area contributed by atoms with Crippen molar-refractivity contribution in [3.05, 3.63) is 36.4 Å². The van der Waals surface area contributed by atoms with Crippen molar-refractivity contribution in [2.24, 2.45) is 11.8 Å². The van der Waals surface area contributed by atoms with Gasteiger partial charge in [-0.25, -0.2) is 0 Å². The first kappa shape index (κ1) is 17.1. The fraction of sp³-hybridized carbons (Fsp3) is 0.500. The van der Waals surface area contributed by atoms with E-state index in [0.29, 0.717) is 13.2 Å². The largest absolute Gasteiger partial charge is 0.497 e. The van der Waals surface area contributed by atoms with Crippen LogP contribution in [0.1, 0.15) is 19.8 Å². The van der Waals surface area contributed by atoms with E-state index in [1.807, 2.05) is 43.3 Å². The van der Waals surface area contributed by atoms with Gasteiger partial charge in [-0.3, -0.25) is 9.59 Å². The maximum Gasteiger partial charge on any atom is 0.312 e. The zero-order valence-corrected chi connectivity index (χ0v) is 15.0. The van der Waals surface area contributed by atoms with Gasteiger partial charge in [0, 0.05) is 5.69 Å². The molecule has 0 radical (unpaired) electrons. The van der Waals surface area contributed by atoms with Gasteiger partial charge in [0.05, 0.1) is 32.3 Å². The lowest BCUT2D eigenvalue weighted by Crippen LogP contribution is -2.40. The Morgan fingerprint density at radius 1 is 1.35 bits per heavy atom. The van der Waals surface area contributed by atoms with Gasteiger partial charge in [0.1, 0.15) is 17.3 Å². The highest BCUT2D eigenvalue weighted by atomic mass is 16.6. The van der Waals surface area contributed by atoms with Crippen LogP contribution in [-0.2, 0) is 19.1 Å². The summed E-state index contributed by atoms with van der Waals surface area (Å²) in [5.74, 6) is -0.765. The summed E-state index contributed by atoms with van der Waals surface area (Å²) < 4.78 is 16.7. The number of carbonyl (C=O) groups is 2. The summed E-state index contributed by atoms with van der Waals surface area (Å²) in [6.07, 6.45) is 5.25. The van der Waals surface area contributed by atoms with Crippen molar-refractivity contribution in [1.29, 1.82) is 0 Å². The highest BCUT2D eigenvalue weighted by Crippen LogP contribution is 2.52. The Hall–Kier alpha value is -2.34. The molecule has 6 heteroatoms. The molecule has 0 unspecified atom stereocenters. The summed E-state index contributed by atoms with van der Waals surface area (Å²) in [4.78, 5) is 27.4. The Bertz CT molecular complexity index is 743. The maximum absolute atomic E-state index is 13.1. The van der Waals surface area contributed by atoms with Crippen molar-refractivity contribution in [2.45, 2.75) is 31.5 Å². The number of unbranched alkanes of at least 4 members (excludes halogenated alkanes) is 1. The Kier molecular flexibility index (Phi) is 4.23. The molecule has 0 aliphatic carbocycles. The van der Waals surface area contributed by atoms with Gasteiger partial charge in [-0.05, 0) is 30.7 Å². The van der Waals surface area contributed by atoms with Crippen molar-refractivity contribution in [3.63, 3.8) is 0 Å². The van der Waals surface area contributed by atoms with E-state index in [4.69, 9.17) is 14.2 Å².